The third kappa shape index (κ3) is 10.0. The third-order valence-electron chi connectivity index (χ3n) is 6.51. The molecule has 15 nitrogen and oxygen atoms in total. The molecule has 2 heterocycles. The summed E-state index contributed by atoms with van der Waals surface area (Å²) in [4.78, 5) is 65.2. The molecule has 0 saturated heterocycles. The van der Waals surface area contributed by atoms with Crippen LogP contribution in [0.1, 0.15) is 36.2 Å². The molecular weight excluding hydrogens is 546 g/mol. The number of phenols is 1. The molecule has 226 valence electrons. The molecule has 11 N–H and O–H groups in total. The van der Waals surface area contributed by atoms with Crippen molar-refractivity contribution in [2.24, 2.45) is 11.5 Å². The standard InChI is InChI=1S/C27H37N9O6/c28-8-2-1-3-21(27(41)42)34-26(40)23(11-18-13-31-15-33-18)36-25(39)22(9-16-4-6-19(37)7-5-16)35-24(38)20(29)10-17-12-30-14-32-17/h4-7,12-15,20-23,37H,1-3,8-11,28-29H2,(H,30,32)(H,31,33)(H,34,40)(H,35,38)(H,36,39)(H,41,42). The molecule has 4 atom stereocenters. The van der Waals surface area contributed by atoms with E-state index >= 15 is 0 Å². The Kier molecular flexibility index (Phi) is 12.0. The molecule has 3 rings (SSSR count). The summed E-state index contributed by atoms with van der Waals surface area (Å²) >= 11 is 0. The Bertz CT molecular complexity index is 1280. The number of carboxylic acids is 1. The second kappa shape index (κ2) is 15.9. The number of rotatable bonds is 17. The lowest BCUT2D eigenvalue weighted by Gasteiger charge is -2.25. The number of aromatic amines is 2. The van der Waals surface area contributed by atoms with Crippen molar-refractivity contribution in [2.45, 2.75) is 62.7 Å². The Labute approximate surface area is 241 Å². The lowest BCUT2D eigenvalue weighted by molar-refractivity contribution is -0.142. The smallest absolute Gasteiger partial charge is 0.326 e. The van der Waals surface area contributed by atoms with Gasteiger partial charge in [0.2, 0.25) is 17.7 Å². The van der Waals surface area contributed by atoms with Crippen LogP contribution in [0.4, 0.5) is 0 Å². The van der Waals surface area contributed by atoms with Crippen molar-refractivity contribution < 1.29 is 29.4 Å². The second-order valence-electron chi connectivity index (χ2n) is 9.85. The fourth-order valence-electron chi connectivity index (χ4n) is 4.20. The summed E-state index contributed by atoms with van der Waals surface area (Å²) in [6.07, 6.45) is 7.27. The van der Waals surface area contributed by atoms with Crippen LogP contribution in [0.25, 0.3) is 0 Å². The number of aromatic hydroxyl groups is 1. The zero-order valence-corrected chi connectivity index (χ0v) is 23.0. The largest absolute Gasteiger partial charge is 0.508 e. The summed E-state index contributed by atoms with van der Waals surface area (Å²) in [5, 5.41) is 27.1. The van der Waals surface area contributed by atoms with Crippen molar-refractivity contribution in [1.29, 1.82) is 0 Å². The van der Waals surface area contributed by atoms with E-state index in [2.05, 4.69) is 35.9 Å². The summed E-state index contributed by atoms with van der Waals surface area (Å²) in [6, 6.07) is 1.54. The number of carbonyl (C=O) groups excluding carboxylic acids is 3. The van der Waals surface area contributed by atoms with Gasteiger partial charge in [-0.05, 0) is 43.5 Å². The van der Waals surface area contributed by atoms with E-state index in [0.29, 0.717) is 36.3 Å². The number of hydrogen-bond donors (Lipinski definition) is 9. The van der Waals surface area contributed by atoms with E-state index in [1.807, 2.05) is 0 Å². The fourth-order valence-corrected chi connectivity index (χ4v) is 4.20. The molecule has 15 heteroatoms. The van der Waals surface area contributed by atoms with Crippen LogP contribution >= 0.6 is 0 Å². The number of carbonyl (C=O) groups is 4. The Morgan fingerprint density at radius 1 is 0.786 bits per heavy atom. The van der Waals surface area contributed by atoms with Crippen LogP contribution < -0.4 is 27.4 Å². The molecule has 0 aliphatic carbocycles. The first-order valence-corrected chi connectivity index (χ1v) is 13.5. The first-order chi connectivity index (χ1) is 20.2. The van der Waals surface area contributed by atoms with Gasteiger partial charge in [0.1, 0.15) is 23.9 Å². The van der Waals surface area contributed by atoms with E-state index in [9.17, 15) is 29.4 Å². The first kappa shape index (κ1) is 31.8. The number of phenolic OH excluding ortho intramolecular Hbond substituents is 1. The number of H-pyrrole nitrogens is 2. The lowest BCUT2D eigenvalue weighted by atomic mass is 10.0. The molecule has 3 amide bonds. The molecule has 42 heavy (non-hydrogen) atoms. The van der Waals surface area contributed by atoms with Crippen molar-refractivity contribution in [1.82, 2.24) is 35.9 Å². The lowest BCUT2D eigenvalue weighted by Crippen LogP contribution is -2.58. The number of amides is 3. The Morgan fingerprint density at radius 3 is 1.88 bits per heavy atom. The van der Waals surface area contributed by atoms with Crippen LogP contribution in [0, 0.1) is 0 Å². The number of nitrogens with two attached hydrogens (primary N) is 2. The molecule has 1 aromatic carbocycles. The van der Waals surface area contributed by atoms with Gasteiger partial charge in [-0.2, -0.15) is 0 Å². The van der Waals surface area contributed by atoms with Crippen LogP contribution in [0.3, 0.4) is 0 Å². The predicted molar refractivity (Wildman–Crippen MR) is 151 cm³/mol. The average Bonchev–Trinajstić information content (AvgIpc) is 3.67. The van der Waals surface area contributed by atoms with Crippen molar-refractivity contribution >= 4 is 23.7 Å². The maximum absolute atomic E-state index is 13.6. The van der Waals surface area contributed by atoms with E-state index in [1.54, 1.807) is 12.1 Å². The van der Waals surface area contributed by atoms with Gasteiger partial charge in [-0.1, -0.05) is 12.1 Å². The van der Waals surface area contributed by atoms with Gasteiger partial charge in [0.25, 0.3) is 0 Å². The van der Waals surface area contributed by atoms with Crippen LogP contribution in [0.15, 0.2) is 49.3 Å². The summed E-state index contributed by atoms with van der Waals surface area (Å²) < 4.78 is 0. The minimum Gasteiger partial charge on any atom is -0.508 e. The number of unbranched alkanes of at least 4 members (excludes halogenated alkanes) is 1. The number of hydrogen-bond acceptors (Lipinski definition) is 9. The van der Waals surface area contributed by atoms with Crippen LogP contribution in [-0.2, 0) is 38.4 Å². The molecule has 0 fully saturated rings. The highest BCUT2D eigenvalue weighted by Gasteiger charge is 2.31. The van der Waals surface area contributed by atoms with Crippen molar-refractivity contribution in [3.05, 3.63) is 66.3 Å². The summed E-state index contributed by atoms with van der Waals surface area (Å²) in [6.45, 7) is 0.387. The summed E-state index contributed by atoms with van der Waals surface area (Å²) in [5.74, 6) is -3.20. The first-order valence-electron chi connectivity index (χ1n) is 13.5. The van der Waals surface area contributed by atoms with Crippen molar-refractivity contribution in [2.75, 3.05) is 6.54 Å². The molecule has 2 aromatic heterocycles. The van der Waals surface area contributed by atoms with Crippen molar-refractivity contribution in [3.63, 3.8) is 0 Å². The number of nitrogens with zero attached hydrogens (tertiary/aromatic N) is 2. The number of benzene rings is 1. The van der Waals surface area contributed by atoms with Gasteiger partial charge in [-0.25, -0.2) is 14.8 Å². The van der Waals surface area contributed by atoms with Gasteiger partial charge in [0.15, 0.2) is 0 Å². The van der Waals surface area contributed by atoms with E-state index in [1.165, 1.54) is 37.2 Å². The minimum absolute atomic E-state index is 0.0177. The zero-order valence-electron chi connectivity index (χ0n) is 23.0. The van der Waals surface area contributed by atoms with Gasteiger partial charge < -0.3 is 47.6 Å². The predicted octanol–water partition coefficient (Wildman–Crippen LogP) is -1.14. The monoisotopic (exact) mass is 583 g/mol. The van der Waals surface area contributed by atoms with Gasteiger partial charge in [0.05, 0.1) is 18.7 Å². The maximum atomic E-state index is 13.6. The van der Waals surface area contributed by atoms with E-state index in [0.717, 1.165) is 0 Å². The highest BCUT2D eigenvalue weighted by molar-refractivity contribution is 5.94. The number of aliphatic carboxylic acids is 1. The zero-order chi connectivity index (χ0) is 30.5. The molecule has 0 radical (unpaired) electrons. The van der Waals surface area contributed by atoms with Crippen molar-refractivity contribution in [3.8, 4) is 5.75 Å². The van der Waals surface area contributed by atoms with Crippen LogP contribution in [0.5, 0.6) is 5.75 Å². The summed E-state index contributed by atoms with van der Waals surface area (Å²) in [5.41, 5.74) is 13.4. The minimum atomic E-state index is -1.21. The topological polar surface area (TPSA) is 254 Å². The highest BCUT2D eigenvalue weighted by atomic mass is 16.4. The Balaban J connectivity index is 1.79. The fraction of sp³-hybridized carbons (Fsp3) is 0.407. The molecule has 0 aliphatic rings. The Hall–Kier alpha value is -4.76. The van der Waals surface area contributed by atoms with Gasteiger partial charge in [-0.15, -0.1) is 0 Å². The van der Waals surface area contributed by atoms with E-state index < -0.39 is 47.9 Å². The molecule has 4 unspecified atom stereocenters. The molecule has 0 saturated carbocycles. The molecular formula is C27H37N9O6. The molecule has 0 bridgehead atoms. The maximum Gasteiger partial charge on any atom is 0.326 e. The molecule has 0 aliphatic heterocycles. The highest BCUT2D eigenvalue weighted by Crippen LogP contribution is 2.12. The molecule has 3 aromatic rings. The third-order valence-corrected chi connectivity index (χ3v) is 6.51. The van der Waals surface area contributed by atoms with Gasteiger partial charge in [-0.3, -0.25) is 14.4 Å². The van der Waals surface area contributed by atoms with Gasteiger partial charge >= 0.3 is 5.97 Å². The number of carboxylic acid groups (broad SMARTS) is 1. The van der Waals surface area contributed by atoms with Gasteiger partial charge in [0, 0.05) is 43.0 Å². The summed E-state index contributed by atoms with van der Waals surface area (Å²) in [7, 11) is 0. The quantitative estimate of drug-likeness (QED) is 0.0863. The number of nitrogens with one attached hydrogen (secondary N) is 5. The van der Waals surface area contributed by atoms with Crippen LogP contribution in [0.2, 0.25) is 0 Å². The SMILES string of the molecule is NCCCCC(NC(=O)C(Cc1cnc[nH]1)NC(=O)C(Cc1ccc(O)cc1)NC(=O)C(N)Cc1cnc[nH]1)C(=O)O. The van der Waals surface area contributed by atoms with E-state index in [-0.39, 0.29) is 31.4 Å². The molecule has 0 spiro atoms. The number of aromatic nitrogens is 4. The van der Waals surface area contributed by atoms with E-state index in [4.69, 9.17) is 11.5 Å². The van der Waals surface area contributed by atoms with Crippen LogP contribution in [-0.4, -0.2) is 84.6 Å². The normalized spacial score (nSPS) is 13.9. The second-order valence-corrected chi connectivity index (χ2v) is 9.85. The Morgan fingerprint density at radius 2 is 1.33 bits per heavy atom. The average molecular weight is 584 g/mol. The number of imidazole rings is 2.